The van der Waals surface area contributed by atoms with Crippen LogP contribution in [0.5, 0.6) is 0 Å². The van der Waals surface area contributed by atoms with Gasteiger partial charge in [0.1, 0.15) is 5.82 Å². The highest BCUT2D eigenvalue weighted by Gasteiger charge is 2.60. The number of carbonyl (C=O) groups is 4. The lowest BCUT2D eigenvalue weighted by Crippen LogP contribution is -2.32. The Morgan fingerprint density at radius 2 is 1.72 bits per heavy atom. The minimum absolute atomic E-state index is 0.117. The zero-order chi connectivity index (χ0) is 30.0. The van der Waals surface area contributed by atoms with Crippen LogP contribution in [-0.4, -0.2) is 35.2 Å². The first-order chi connectivity index (χ1) is 20.7. The number of fused-ring (bicyclic) bond motifs is 6. The molecular weight excluding hydrogens is 571 g/mol. The molecule has 2 amide bonds. The molecule has 7 nitrogen and oxygen atoms in total. The summed E-state index contributed by atoms with van der Waals surface area (Å²) in [5, 5.41) is 0.774. The van der Waals surface area contributed by atoms with Crippen molar-refractivity contribution < 1.29 is 28.3 Å². The van der Waals surface area contributed by atoms with Gasteiger partial charge in [-0.3, -0.25) is 19.3 Å². The molecule has 0 radical (unpaired) electrons. The molecule has 3 aromatic carbocycles. The zero-order valence-electron chi connectivity index (χ0n) is 22.9. The van der Waals surface area contributed by atoms with E-state index in [1.165, 1.54) is 22.6 Å². The molecule has 4 unspecified atom stereocenters. The Bertz CT molecular complexity index is 1890. The zero-order valence-corrected chi connectivity index (χ0v) is 23.7. The maximum Gasteiger partial charge on any atom is 0.339 e. The summed E-state index contributed by atoms with van der Waals surface area (Å²) in [6, 6.07) is 18.4. The van der Waals surface area contributed by atoms with E-state index >= 15 is 0 Å². The predicted molar refractivity (Wildman–Crippen MR) is 158 cm³/mol. The number of anilines is 1. The molecule has 0 N–H and O–H groups in total. The number of benzene rings is 3. The van der Waals surface area contributed by atoms with Crippen molar-refractivity contribution in [3.8, 4) is 11.3 Å². The number of nitrogens with zero attached hydrogens (tertiary/aromatic N) is 2. The fourth-order valence-electron chi connectivity index (χ4n) is 6.77. The maximum atomic E-state index is 13.4. The van der Waals surface area contributed by atoms with Gasteiger partial charge in [0, 0.05) is 16.5 Å². The van der Waals surface area contributed by atoms with Gasteiger partial charge in [-0.2, -0.15) is 0 Å². The molecule has 214 valence electrons. The first-order valence-corrected chi connectivity index (χ1v) is 14.3. The van der Waals surface area contributed by atoms with Gasteiger partial charge in [0.2, 0.25) is 11.8 Å². The summed E-state index contributed by atoms with van der Waals surface area (Å²) in [4.78, 5) is 58.4. The Kier molecular flexibility index (Phi) is 6.47. The Balaban J connectivity index is 1.17. The Labute approximate surface area is 250 Å². The average molecular weight is 595 g/mol. The average Bonchev–Trinajstić information content (AvgIpc) is 3.65. The van der Waals surface area contributed by atoms with Gasteiger partial charge in [-0.25, -0.2) is 14.2 Å². The number of amides is 2. The Morgan fingerprint density at radius 3 is 2.47 bits per heavy atom. The first-order valence-electron chi connectivity index (χ1n) is 13.9. The highest BCUT2D eigenvalue weighted by atomic mass is 35.5. The fourth-order valence-corrected chi connectivity index (χ4v) is 6.99. The topological polar surface area (TPSA) is 93.6 Å². The number of ketones is 1. The maximum absolute atomic E-state index is 13.4. The van der Waals surface area contributed by atoms with E-state index in [1.54, 1.807) is 48.5 Å². The number of hydrogen-bond acceptors (Lipinski definition) is 6. The molecule has 4 atom stereocenters. The van der Waals surface area contributed by atoms with E-state index in [-0.39, 0.29) is 46.6 Å². The van der Waals surface area contributed by atoms with Gasteiger partial charge in [0.05, 0.1) is 39.3 Å². The van der Waals surface area contributed by atoms with Crippen LogP contribution in [0.15, 0.2) is 84.4 Å². The van der Waals surface area contributed by atoms with Gasteiger partial charge >= 0.3 is 5.97 Å². The fraction of sp³-hybridized carbons (Fsp3) is 0.206. The Hall–Kier alpha value is -4.69. The number of allylic oxidation sites excluding steroid dienone is 2. The molecule has 0 spiro atoms. The third kappa shape index (κ3) is 4.44. The summed E-state index contributed by atoms with van der Waals surface area (Å²) in [5.41, 5.74) is 3.47. The number of esters is 1. The van der Waals surface area contributed by atoms with E-state index in [0.29, 0.717) is 32.9 Å². The largest absolute Gasteiger partial charge is 0.454 e. The molecule has 1 saturated carbocycles. The number of halogens is 2. The van der Waals surface area contributed by atoms with Crippen LogP contribution in [0.2, 0.25) is 5.02 Å². The number of hydrogen-bond donors (Lipinski definition) is 0. The lowest BCUT2D eigenvalue weighted by atomic mass is 9.82. The number of Topliss-reactive ketones (excluding diaryl/α,β-unsaturated/α-hetero) is 1. The monoisotopic (exact) mass is 594 g/mol. The first kappa shape index (κ1) is 27.2. The van der Waals surface area contributed by atoms with Crippen molar-refractivity contribution in [1.29, 1.82) is 0 Å². The molecule has 1 saturated heterocycles. The third-order valence-corrected chi connectivity index (χ3v) is 9.12. The molecule has 2 bridgehead atoms. The summed E-state index contributed by atoms with van der Waals surface area (Å²) < 4.78 is 18.6. The number of ether oxygens (including phenoxy) is 1. The van der Waals surface area contributed by atoms with E-state index in [2.05, 4.69) is 11.1 Å². The van der Waals surface area contributed by atoms with E-state index in [1.807, 2.05) is 6.92 Å². The SMILES string of the molecule is CC1=CC2CC1C1C(=O)N(c3ccc(-c4cc(C(=O)OCC(=O)c5ccc(F)cc5)c5cccc(Cl)c5n4)cc3)C(=O)C21. The molecule has 7 rings (SSSR count). The van der Waals surface area contributed by atoms with Crippen molar-refractivity contribution in [2.75, 3.05) is 11.5 Å². The summed E-state index contributed by atoms with van der Waals surface area (Å²) in [5.74, 6) is -2.36. The molecule has 3 aliphatic rings. The van der Waals surface area contributed by atoms with Crippen LogP contribution in [0.4, 0.5) is 10.1 Å². The minimum atomic E-state index is -0.749. The van der Waals surface area contributed by atoms with E-state index in [4.69, 9.17) is 16.3 Å². The van der Waals surface area contributed by atoms with Crippen molar-refractivity contribution >= 4 is 51.8 Å². The van der Waals surface area contributed by atoms with Crippen LogP contribution in [-0.2, 0) is 14.3 Å². The van der Waals surface area contributed by atoms with Gasteiger partial charge in [0.15, 0.2) is 12.4 Å². The standard InChI is InChI=1S/C34H24ClFN2O5/c1-17-13-20-14-24(17)30-29(20)32(40)38(33(30)41)22-11-7-18(8-12-22)27-15-25(23-3-2-4-26(35)31(23)37-27)34(42)43-16-28(39)19-5-9-21(36)10-6-19/h2-13,15,20,24,29-30H,14,16H2,1H3. The van der Waals surface area contributed by atoms with Gasteiger partial charge in [-0.15, -0.1) is 0 Å². The van der Waals surface area contributed by atoms with Crippen molar-refractivity contribution in [3.05, 3.63) is 106 Å². The highest BCUT2D eigenvalue weighted by Crippen LogP contribution is 2.56. The van der Waals surface area contributed by atoms with Gasteiger partial charge in [-0.1, -0.05) is 47.5 Å². The summed E-state index contributed by atoms with van der Waals surface area (Å²) in [6.07, 6.45) is 3.01. The summed E-state index contributed by atoms with van der Waals surface area (Å²) in [6.45, 7) is 1.50. The molecule has 9 heteroatoms. The van der Waals surface area contributed by atoms with E-state index in [0.717, 1.165) is 18.6 Å². The van der Waals surface area contributed by atoms with E-state index < -0.39 is 24.2 Å². The molecule has 2 aliphatic carbocycles. The van der Waals surface area contributed by atoms with Gasteiger partial charge < -0.3 is 4.74 Å². The quantitative estimate of drug-likeness (QED) is 0.110. The minimum Gasteiger partial charge on any atom is -0.454 e. The number of para-hydroxylation sites is 1. The van der Waals surface area contributed by atoms with Crippen molar-refractivity contribution in [1.82, 2.24) is 4.98 Å². The second-order valence-electron chi connectivity index (χ2n) is 11.2. The van der Waals surface area contributed by atoms with Crippen molar-refractivity contribution in [3.63, 3.8) is 0 Å². The normalized spacial score (nSPS) is 22.2. The van der Waals surface area contributed by atoms with Crippen LogP contribution in [0.1, 0.15) is 34.1 Å². The van der Waals surface area contributed by atoms with E-state index in [9.17, 15) is 23.6 Å². The smallest absolute Gasteiger partial charge is 0.339 e. The molecule has 1 aliphatic heterocycles. The molecule has 43 heavy (non-hydrogen) atoms. The molecule has 2 heterocycles. The number of pyridine rings is 1. The predicted octanol–water partition coefficient (Wildman–Crippen LogP) is 6.44. The lowest BCUT2D eigenvalue weighted by Gasteiger charge is -2.19. The molecule has 1 aromatic heterocycles. The number of carbonyl (C=O) groups excluding carboxylic acids is 4. The summed E-state index contributed by atoms with van der Waals surface area (Å²) >= 11 is 6.46. The van der Waals surface area contributed by atoms with Crippen LogP contribution in [0.3, 0.4) is 0 Å². The van der Waals surface area contributed by atoms with Crippen LogP contribution < -0.4 is 4.90 Å². The Morgan fingerprint density at radius 1 is 1.00 bits per heavy atom. The van der Waals surface area contributed by atoms with Crippen LogP contribution in [0.25, 0.3) is 22.2 Å². The lowest BCUT2D eigenvalue weighted by molar-refractivity contribution is -0.123. The van der Waals surface area contributed by atoms with Gasteiger partial charge in [0.25, 0.3) is 0 Å². The number of rotatable bonds is 6. The van der Waals surface area contributed by atoms with Crippen molar-refractivity contribution in [2.24, 2.45) is 23.7 Å². The molecule has 4 aromatic rings. The second kappa shape index (κ2) is 10.2. The highest BCUT2D eigenvalue weighted by molar-refractivity contribution is 6.35. The van der Waals surface area contributed by atoms with Crippen LogP contribution in [0, 0.1) is 29.5 Å². The van der Waals surface area contributed by atoms with Crippen molar-refractivity contribution in [2.45, 2.75) is 13.3 Å². The molecular formula is C34H24ClFN2O5. The number of aromatic nitrogens is 1. The van der Waals surface area contributed by atoms with Crippen LogP contribution >= 0.6 is 11.6 Å². The van der Waals surface area contributed by atoms with Gasteiger partial charge in [-0.05, 0) is 73.7 Å². The second-order valence-corrected chi connectivity index (χ2v) is 11.6. The third-order valence-electron chi connectivity index (χ3n) is 8.81. The summed E-state index contributed by atoms with van der Waals surface area (Å²) in [7, 11) is 0. The molecule has 2 fully saturated rings. The number of imide groups is 1.